The number of amides is 1. The number of rotatable bonds is 4. The number of ether oxygens (including phenoxy) is 1. The summed E-state index contributed by atoms with van der Waals surface area (Å²) >= 11 is 0. The first-order valence-corrected chi connectivity index (χ1v) is 10.3. The number of imidazole rings is 1. The van der Waals surface area contributed by atoms with Crippen LogP contribution in [0.3, 0.4) is 0 Å². The molecule has 0 spiro atoms. The lowest BCUT2D eigenvalue weighted by Crippen LogP contribution is -2.32. The van der Waals surface area contributed by atoms with Crippen molar-refractivity contribution in [3.63, 3.8) is 0 Å². The summed E-state index contributed by atoms with van der Waals surface area (Å²) in [5, 5.41) is 2.77. The largest absolute Gasteiger partial charge is 0.444 e. The Morgan fingerprint density at radius 3 is 2.53 bits per heavy atom. The minimum Gasteiger partial charge on any atom is -0.444 e. The van der Waals surface area contributed by atoms with E-state index >= 15 is 0 Å². The average molecular weight is 431 g/mol. The molecule has 0 fully saturated rings. The number of aryl methyl sites for hydroxylation is 1. The van der Waals surface area contributed by atoms with Crippen LogP contribution >= 0.6 is 0 Å². The lowest BCUT2D eigenvalue weighted by atomic mass is 10.2. The number of anilines is 1. The Hall–Kier alpha value is -3.94. The van der Waals surface area contributed by atoms with Crippen LogP contribution in [0.1, 0.15) is 32.0 Å². The van der Waals surface area contributed by atoms with Gasteiger partial charge in [0, 0.05) is 24.1 Å². The SMILES string of the molecule is Cc1ccc2nc(-c3cccnc3N)n(-c3ccc(CNC(=O)OC(C)(C)C)cc3)c2n1. The molecule has 32 heavy (non-hydrogen) atoms. The molecule has 4 aromatic rings. The fraction of sp³-hybridized carbons (Fsp3) is 0.250. The van der Waals surface area contributed by atoms with Crippen LogP contribution in [0.4, 0.5) is 10.6 Å². The number of aromatic nitrogens is 4. The van der Waals surface area contributed by atoms with E-state index in [-0.39, 0.29) is 0 Å². The molecule has 164 valence electrons. The Balaban J connectivity index is 1.69. The summed E-state index contributed by atoms with van der Waals surface area (Å²) in [6.07, 6.45) is 1.21. The predicted octanol–water partition coefficient (Wildman–Crippen LogP) is 4.40. The number of nitrogens with two attached hydrogens (primary N) is 1. The molecule has 0 saturated heterocycles. The number of fused-ring (bicyclic) bond motifs is 1. The average Bonchev–Trinajstić information content (AvgIpc) is 3.10. The van der Waals surface area contributed by atoms with Gasteiger partial charge in [0.25, 0.3) is 0 Å². The Labute approximate surface area is 186 Å². The molecule has 8 heteroatoms. The van der Waals surface area contributed by atoms with E-state index in [1.165, 1.54) is 0 Å². The molecule has 0 saturated carbocycles. The van der Waals surface area contributed by atoms with Gasteiger partial charge in [-0.25, -0.2) is 19.7 Å². The van der Waals surface area contributed by atoms with Gasteiger partial charge in [0.1, 0.15) is 16.9 Å². The van der Waals surface area contributed by atoms with Gasteiger partial charge >= 0.3 is 6.09 Å². The molecule has 1 aromatic carbocycles. The first-order valence-electron chi connectivity index (χ1n) is 10.3. The Kier molecular flexibility index (Phi) is 5.52. The third kappa shape index (κ3) is 4.54. The molecular weight excluding hydrogens is 404 g/mol. The summed E-state index contributed by atoms with van der Waals surface area (Å²) in [6, 6.07) is 15.4. The highest BCUT2D eigenvalue weighted by molar-refractivity contribution is 5.82. The van der Waals surface area contributed by atoms with E-state index in [2.05, 4.69) is 10.3 Å². The summed E-state index contributed by atoms with van der Waals surface area (Å²) in [5.74, 6) is 1.07. The second-order valence-electron chi connectivity index (χ2n) is 8.52. The molecule has 0 atom stereocenters. The lowest BCUT2D eigenvalue weighted by molar-refractivity contribution is 0.0523. The van der Waals surface area contributed by atoms with Crippen LogP contribution in [0.2, 0.25) is 0 Å². The van der Waals surface area contributed by atoms with Crippen LogP contribution in [0.15, 0.2) is 54.7 Å². The van der Waals surface area contributed by atoms with E-state index in [1.54, 1.807) is 6.20 Å². The van der Waals surface area contributed by atoms with E-state index in [0.717, 1.165) is 33.7 Å². The van der Waals surface area contributed by atoms with E-state index in [4.69, 9.17) is 20.4 Å². The van der Waals surface area contributed by atoms with Crippen LogP contribution in [0.5, 0.6) is 0 Å². The number of nitrogens with one attached hydrogen (secondary N) is 1. The molecule has 3 heterocycles. The van der Waals surface area contributed by atoms with Crippen molar-refractivity contribution in [3.05, 3.63) is 66.0 Å². The first kappa shape index (κ1) is 21.3. The zero-order chi connectivity index (χ0) is 22.9. The standard InChI is InChI=1S/C24H26N6O2/c1-15-7-12-19-22(28-15)30(21(29-19)18-6-5-13-26-20(18)25)17-10-8-16(9-11-17)14-27-23(31)32-24(2,3)4/h5-13H,14H2,1-4H3,(H2,25,26)(H,27,31). The van der Waals surface area contributed by atoms with Gasteiger partial charge in [0.15, 0.2) is 11.5 Å². The van der Waals surface area contributed by atoms with Crippen molar-refractivity contribution in [1.82, 2.24) is 24.8 Å². The van der Waals surface area contributed by atoms with Gasteiger partial charge in [-0.15, -0.1) is 0 Å². The number of benzene rings is 1. The fourth-order valence-electron chi connectivity index (χ4n) is 3.34. The third-order valence-electron chi connectivity index (χ3n) is 4.75. The fourth-order valence-corrected chi connectivity index (χ4v) is 3.34. The monoisotopic (exact) mass is 430 g/mol. The molecule has 3 aromatic heterocycles. The van der Waals surface area contributed by atoms with Crippen LogP contribution in [0.25, 0.3) is 28.2 Å². The number of carbonyl (C=O) groups is 1. The Morgan fingerprint density at radius 1 is 1.09 bits per heavy atom. The number of nitrogens with zero attached hydrogens (tertiary/aromatic N) is 4. The van der Waals surface area contributed by atoms with Crippen LogP contribution in [-0.4, -0.2) is 31.2 Å². The molecule has 0 aliphatic rings. The van der Waals surface area contributed by atoms with Gasteiger partial charge in [-0.05, 0) is 69.7 Å². The maximum Gasteiger partial charge on any atom is 0.407 e. The predicted molar refractivity (Wildman–Crippen MR) is 124 cm³/mol. The number of hydrogen-bond donors (Lipinski definition) is 2. The zero-order valence-electron chi connectivity index (χ0n) is 18.6. The number of pyridine rings is 2. The second-order valence-corrected chi connectivity index (χ2v) is 8.52. The normalized spacial score (nSPS) is 11.5. The second kappa shape index (κ2) is 8.30. The number of carbonyl (C=O) groups excluding carboxylic acids is 1. The molecule has 1 amide bonds. The van der Waals surface area contributed by atoms with Crippen LogP contribution in [-0.2, 0) is 11.3 Å². The summed E-state index contributed by atoms with van der Waals surface area (Å²) in [6.45, 7) is 7.80. The molecule has 3 N–H and O–H groups in total. The topological polar surface area (TPSA) is 108 Å². The van der Waals surface area contributed by atoms with E-state index in [1.807, 2.05) is 80.8 Å². The molecule has 8 nitrogen and oxygen atoms in total. The summed E-state index contributed by atoms with van der Waals surface area (Å²) in [4.78, 5) is 25.6. The highest BCUT2D eigenvalue weighted by atomic mass is 16.6. The van der Waals surface area contributed by atoms with Gasteiger partial charge in [-0.2, -0.15) is 0 Å². The van der Waals surface area contributed by atoms with E-state index < -0.39 is 11.7 Å². The van der Waals surface area contributed by atoms with Crippen molar-refractivity contribution >= 4 is 23.1 Å². The van der Waals surface area contributed by atoms with Crippen LogP contribution in [0, 0.1) is 6.92 Å². The Morgan fingerprint density at radius 2 is 1.84 bits per heavy atom. The molecule has 0 bridgehead atoms. The maximum atomic E-state index is 11.9. The highest BCUT2D eigenvalue weighted by Crippen LogP contribution is 2.30. The van der Waals surface area contributed by atoms with Gasteiger partial charge in [0.05, 0.1) is 5.56 Å². The van der Waals surface area contributed by atoms with Crippen molar-refractivity contribution in [2.75, 3.05) is 5.73 Å². The summed E-state index contributed by atoms with van der Waals surface area (Å²) in [7, 11) is 0. The van der Waals surface area contributed by atoms with Crippen molar-refractivity contribution in [3.8, 4) is 17.1 Å². The minimum absolute atomic E-state index is 0.361. The van der Waals surface area contributed by atoms with Crippen molar-refractivity contribution in [1.29, 1.82) is 0 Å². The maximum absolute atomic E-state index is 11.9. The molecular formula is C24H26N6O2. The van der Waals surface area contributed by atoms with Gasteiger partial charge < -0.3 is 15.8 Å². The molecule has 0 aliphatic carbocycles. The minimum atomic E-state index is -0.536. The lowest BCUT2D eigenvalue weighted by Gasteiger charge is -2.19. The van der Waals surface area contributed by atoms with Crippen LogP contribution < -0.4 is 11.1 Å². The summed E-state index contributed by atoms with van der Waals surface area (Å²) in [5.41, 5.74) is 10.6. The van der Waals surface area contributed by atoms with Gasteiger partial charge in [0.2, 0.25) is 0 Å². The molecule has 0 unspecified atom stereocenters. The van der Waals surface area contributed by atoms with Gasteiger partial charge in [-0.1, -0.05) is 12.1 Å². The van der Waals surface area contributed by atoms with E-state index in [0.29, 0.717) is 18.2 Å². The van der Waals surface area contributed by atoms with Crippen molar-refractivity contribution < 1.29 is 9.53 Å². The third-order valence-corrected chi connectivity index (χ3v) is 4.75. The number of alkyl carbamates (subject to hydrolysis) is 1. The van der Waals surface area contributed by atoms with Gasteiger partial charge in [-0.3, -0.25) is 4.57 Å². The molecule has 4 rings (SSSR count). The quantitative estimate of drug-likeness (QED) is 0.497. The smallest absolute Gasteiger partial charge is 0.407 e. The summed E-state index contributed by atoms with van der Waals surface area (Å²) < 4.78 is 7.26. The van der Waals surface area contributed by atoms with E-state index in [9.17, 15) is 4.79 Å². The first-order chi connectivity index (χ1) is 15.2. The molecule has 0 radical (unpaired) electrons. The number of nitrogen functional groups attached to an aromatic ring is 1. The van der Waals surface area contributed by atoms with Crippen molar-refractivity contribution in [2.24, 2.45) is 0 Å². The highest BCUT2D eigenvalue weighted by Gasteiger charge is 2.18. The number of hydrogen-bond acceptors (Lipinski definition) is 6. The molecule has 0 aliphatic heterocycles. The van der Waals surface area contributed by atoms with Crippen molar-refractivity contribution in [2.45, 2.75) is 39.8 Å². The Bertz CT molecular complexity index is 1270. The zero-order valence-corrected chi connectivity index (χ0v) is 18.6.